The van der Waals surface area contributed by atoms with Crippen molar-refractivity contribution in [1.82, 2.24) is 4.90 Å². The van der Waals surface area contributed by atoms with Gasteiger partial charge in [0.15, 0.2) is 0 Å². The van der Waals surface area contributed by atoms with Crippen molar-refractivity contribution in [3.63, 3.8) is 0 Å². The summed E-state index contributed by atoms with van der Waals surface area (Å²) in [5.41, 5.74) is -0.154. The van der Waals surface area contributed by atoms with Crippen molar-refractivity contribution in [1.29, 1.82) is 5.26 Å². The van der Waals surface area contributed by atoms with E-state index in [9.17, 15) is 10.1 Å². The third-order valence-corrected chi connectivity index (χ3v) is 3.65. The number of hydrogen-bond acceptors (Lipinski definition) is 5. The van der Waals surface area contributed by atoms with Crippen LogP contribution in [0.15, 0.2) is 18.2 Å². The van der Waals surface area contributed by atoms with Gasteiger partial charge in [-0.3, -0.25) is 10.1 Å². The molecular weight excluding hydrogens is 258 g/mol. The molecule has 1 aromatic carbocycles. The normalized spacial score (nSPS) is 19.3. The zero-order chi connectivity index (χ0) is 14.5. The highest BCUT2D eigenvalue weighted by molar-refractivity contribution is 5.52. The Bertz CT molecular complexity index is 539. The molecule has 1 aromatic rings. The van der Waals surface area contributed by atoms with Crippen LogP contribution in [0.3, 0.4) is 0 Å². The maximum Gasteiger partial charge on any atom is 0.290 e. The largest absolute Gasteiger partial charge is 0.492 e. The molecule has 1 atom stereocenters. The molecule has 2 rings (SSSR count). The number of nitro groups is 1. The van der Waals surface area contributed by atoms with Crippen LogP contribution in [0.4, 0.5) is 5.69 Å². The fraction of sp³-hybridized carbons (Fsp3) is 0.500. The van der Waals surface area contributed by atoms with Gasteiger partial charge in [-0.1, -0.05) is 6.42 Å². The number of nitriles is 1. The molecule has 1 unspecified atom stereocenters. The number of piperidine rings is 1. The van der Waals surface area contributed by atoms with Crippen LogP contribution in [0, 0.1) is 21.4 Å². The average Bonchev–Trinajstić information content (AvgIpc) is 2.46. The molecule has 1 saturated heterocycles. The van der Waals surface area contributed by atoms with Gasteiger partial charge in [-0.05, 0) is 38.6 Å². The zero-order valence-corrected chi connectivity index (χ0v) is 11.4. The summed E-state index contributed by atoms with van der Waals surface area (Å²) >= 11 is 0. The Balaban J connectivity index is 2.05. The number of benzene rings is 1. The van der Waals surface area contributed by atoms with Gasteiger partial charge in [0.25, 0.3) is 5.69 Å². The van der Waals surface area contributed by atoms with Crippen molar-refractivity contribution >= 4 is 5.69 Å². The minimum absolute atomic E-state index is 0.0529. The zero-order valence-electron chi connectivity index (χ0n) is 11.4. The Morgan fingerprint density at radius 1 is 1.55 bits per heavy atom. The molecular formula is C14H17N3O3. The minimum Gasteiger partial charge on any atom is -0.492 e. The van der Waals surface area contributed by atoms with E-state index in [-0.39, 0.29) is 11.3 Å². The van der Waals surface area contributed by atoms with E-state index in [4.69, 9.17) is 10.00 Å². The number of likely N-dealkylation sites (tertiary alicyclic amines) is 1. The molecule has 0 spiro atoms. The Kier molecular flexibility index (Phi) is 4.53. The summed E-state index contributed by atoms with van der Waals surface area (Å²) in [6.07, 6.45) is 3.47. The van der Waals surface area contributed by atoms with Gasteiger partial charge in [0, 0.05) is 6.04 Å². The van der Waals surface area contributed by atoms with Crippen LogP contribution in [0.1, 0.15) is 24.8 Å². The van der Waals surface area contributed by atoms with Gasteiger partial charge in [0.05, 0.1) is 11.0 Å². The van der Waals surface area contributed by atoms with Gasteiger partial charge in [-0.15, -0.1) is 0 Å². The van der Waals surface area contributed by atoms with Crippen LogP contribution in [0.5, 0.6) is 5.75 Å². The molecule has 20 heavy (non-hydrogen) atoms. The molecule has 0 saturated carbocycles. The summed E-state index contributed by atoms with van der Waals surface area (Å²) in [6, 6.07) is 6.51. The van der Waals surface area contributed by atoms with E-state index >= 15 is 0 Å². The van der Waals surface area contributed by atoms with Gasteiger partial charge in [-0.25, -0.2) is 0 Å². The third-order valence-electron chi connectivity index (χ3n) is 3.65. The monoisotopic (exact) mass is 275 g/mol. The lowest BCUT2D eigenvalue weighted by molar-refractivity contribution is -0.385. The van der Waals surface area contributed by atoms with Crippen LogP contribution < -0.4 is 4.74 Å². The molecule has 1 heterocycles. The summed E-state index contributed by atoms with van der Waals surface area (Å²) in [4.78, 5) is 12.6. The Morgan fingerprint density at radius 2 is 2.35 bits per heavy atom. The van der Waals surface area contributed by atoms with E-state index in [1.54, 1.807) is 6.07 Å². The van der Waals surface area contributed by atoms with Crippen molar-refractivity contribution in [3.8, 4) is 11.8 Å². The molecule has 0 radical (unpaired) electrons. The van der Waals surface area contributed by atoms with Crippen LogP contribution in [0.25, 0.3) is 0 Å². The highest BCUT2D eigenvalue weighted by Crippen LogP contribution is 2.25. The van der Waals surface area contributed by atoms with Gasteiger partial charge in [0.1, 0.15) is 24.0 Å². The SMILES string of the molecule is CN1CCCCC1COc1ccc(C#N)c([N+](=O)[O-])c1. The van der Waals surface area contributed by atoms with Crippen molar-refractivity contribution in [2.75, 3.05) is 20.2 Å². The fourth-order valence-corrected chi connectivity index (χ4v) is 2.39. The van der Waals surface area contributed by atoms with Gasteiger partial charge in [0.2, 0.25) is 0 Å². The van der Waals surface area contributed by atoms with Crippen molar-refractivity contribution < 1.29 is 9.66 Å². The predicted molar refractivity (Wildman–Crippen MR) is 73.6 cm³/mol. The molecule has 1 aliphatic rings. The maximum absolute atomic E-state index is 10.9. The minimum atomic E-state index is -0.557. The first kappa shape index (κ1) is 14.3. The quantitative estimate of drug-likeness (QED) is 0.622. The number of rotatable bonds is 4. The van der Waals surface area contributed by atoms with Crippen LogP contribution in [-0.2, 0) is 0 Å². The molecule has 0 amide bonds. The first-order valence-electron chi connectivity index (χ1n) is 6.63. The summed E-state index contributed by atoms with van der Waals surface area (Å²) in [7, 11) is 2.06. The van der Waals surface area contributed by atoms with Crippen LogP contribution >= 0.6 is 0 Å². The topological polar surface area (TPSA) is 79.4 Å². The van der Waals surface area contributed by atoms with Crippen molar-refractivity contribution in [2.24, 2.45) is 0 Å². The average molecular weight is 275 g/mol. The molecule has 1 aliphatic heterocycles. The number of ether oxygens (including phenoxy) is 1. The second-order valence-corrected chi connectivity index (χ2v) is 4.99. The number of hydrogen-bond donors (Lipinski definition) is 0. The Labute approximate surface area is 117 Å². The summed E-state index contributed by atoms with van der Waals surface area (Å²) < 4.78 is 5.65. The summed E-state index contributed by atoms with van der Waals surface area (Å²) in [5.74, 6) is 0.440. The summed E-state index contributed by atoms with van der Waals surface area (Å²) in [5, 5.41) is 19.7. The number of likely N-dealkylation sites (N-methyl/N-ethyl adjacent to an activating group) is 1. The van der Waals surface area contributed by atoms with Gasteiger partial charge in [-0.2, -0.15) is 5.26 Å². The van der Waals surface area contributed by atoms with Crippen LogP contribution in [0.2, 0.25) is 0 Å². The maximum atomic E-state index is 10.9. The number of nitro benzene ring substituents is 1. The van der Waals surface area contributed by atoms with Crippen molar-refractivity contribution in [3.05, 3.63) is 33.9 Å². The first-order valence-corrected chi connectivity index (χ1v) is 6.63. The molecule has 1 fully saturated rings. The highest BCUT2D eigenvalue weighted by Gasteiger charge is 2.20. The molecule has 6 nitrogen and oxygen atoms in total. The van der Waals surface area contributed by atoms with E-state index in [0.29, 0.717) is 18.4 Å². The second-order valence-electron chi connectivity index (χ2n) is 4.99. The van der Waals surface area contributed by atoms with E-state index in [2.05, 4.69) is 11.9 Å². The molecule has 0 bridgehead atoms. The Hall–Kier alpha value is -2.13. The second kappa shape index (κ2) is 6.35. The molecule has 106 valence electrons. The lowest BCUT2D eigenvalue weighted by Gasteiger charge is -2.32. The van der Waals surface area contributed by atoms with Gasteiger partial charge < -0.3 is 9.64 Å². The van der Waals surface area contributed by atoms with E-state index in [1.165, 1.54) is 25.0 Å². The smallest absolute Gasteiger partial charge is 0.290 e. The first-order chi connectivity index (χ1) is 9.61. The highest BCUT2D eigenvalue weighted by atomic mass is 16.6. The molecule has 0 N–H and O–H groups in total. The summed E-state index contributed by atoms with van der Waals surface area (Å²) in [6.45, 7) is 1.57. The van der Waals surface area contributed by atoms with E-state index < -0.39 is 4.92 Å². The standard InChI is InChI=1S/C14H17N3O3/c1-16-7-3-2-4-12(16)10-20-13-6-5-11(9-15)14(8-13)17(18)19/h5-6,8,12H,2-4,7,10H2,1H3. The number of nitrogens with zero attached hydrogens (tertiary/aromatic N) is 3. The van der Waals surface area contributed by atoms with Crippen LogP contribution in [-0.4, -0.2) is 36.1 Å². The fourth-order valence-electron chi connectivity index (χ4n) is 2.39. The van der Waals surface area contributed by atoms with Crippen molar-refractivity contribution in [2.45, 2.75) is 25.3 Å². The molecule has 6 heteroatoms. The van der Waals surface area contributed by atoms with E-state index in [0.717, 1.165) is 13.0 Å². The lowest BCUT2D eigenvalue weighted by Crippen LogP contribution is -2.40. The predicted octanol–water partition coefficient (Wildman–Crippen LogP) is 2.33. The van der Waals surface area contributed by atoms with Gasteiger partial charge >= 0.3 is 0 Å². The van der Waals surface area contributed by atoms with E-state index in [1.807, 2.05) is 6.07 Å². The molecule has 0 aliphatic carbocycles. The molecule has 0 aromatic heterocycles. The lowest BCUT2D eigenvalue weighted by atomic mass is 10.0. The Morgan fingerprint density at radius 3 is 3.00 bits per heavy atom. The third kappa shape index (κ3) is 3.25.